The number of carbonyl (C=O) groups excluding carboxylic acids is 2. The van der Waals surface area contributed by atoms with Crippen LogP contribution in [0.2, 0.25) is 0 Å². The summed E-state index contributed by atoms with van der Waals surface area (Å²) in [5.41, 5.74) is 2.62. The number of Topliss-reactive ketones (excluding diaryl/α,β-unsaturated/α-hetero) is 1. The molecular formula is C24H22N2O4S. The van der Waals surface area contributed by atoms with Crippen molar-refractivity contribution < 1.29 is 18.0 Å². The lowest BCUT2D eigenvalue weighted by molar-refractivity contribution is 0.101. The van der Waals surface area contributed by atoms with E-state index in [1.165, 1.54) is 23.4 Å². The lowest BCUT2D eigenvalue weighted by atomic mass is 10.1. The summed E-state index contributed by atoms with van der Waals surface area (Å²) in [7, 11) is -3.85. The number of anilines is 2. The average molecular weight is 435 g/mol. The summed E-state index contributed by atoms with van der Waals surface area (Å²) < 4.78 is 28.3. The second-order valence-corrected chi connectivity index (χ2v) is 9.38. The van der Waals surface area contributed by atoms with Gasteiger partial charge in [0.05, 0.1) is 16.3 Å². The molecule has 3 aromatic rings. The smallest absolute Gasteiger partial charge is 0.264 e. The zero-order valence-electron chi connectivity index (χ0n) is 17.2. The van der Waals surface area contributed by atoms with Crippen LogP contribution in [0.5, 0.6) is 0 Å². The third-order valence-electron chi connectivity index (χ3n) is 5.35. The van der Waals surface area contributed by atoms with Crippen molar-refractivity contribution in [2.24, 2.45) is 0 Å². The Labute approximate surface area is 181 Å². The number of amides is 1. The predicted molar refractivity (Wildman–Crippen MR) is 120 cm³/mol. The maximum absolute atomic E-state index is 13.4. The fraction of sp³-hybridized carbons (Fsp3) is 0.167. The summed E-state index contributed by atoms with van der Waals surface area (Å²) in [6.07, 6.45) is 0.636. The van der Waals surface area contributed by atoms with Gasteiger partial charge in [-0.25, -0.2) is 8.42 Å². The van der Waals surface area contributed by atoms with E-state index in [1.54, 1.807) is 42.5 Å². The first-order valence-corrected chi connectivity index (χ1v) is 11.4. The van der Waals surface area contributed by atoms with Crippen molar-refractivity contribution in [2.45, 2.75) is 31.2 Å². The predicted octanol–water partition coefficient (Wildman–Crippen LogP) is 4.28. The van der Waals surface area contributed by atoms with E-state index < -0.39 is 15.9 Å². The quantitative estimate of drug-likeness (QED) is 0.608. The highest BCUT2D eigenvalue weighted by atomic mass is 32.2. The molecule has 4 rings (SSSR count). The highest BCUT2D eigenvalue weighted by molar-refractivity contribution is 7.92. The highest BCUT2D eigenvalue weighted by Gasteiger charge is 2.36. The second kappa shape index (κ2) is 8.00. The van der Waals surface area contributed by atoms with Gasteiger partial charge >= 0.3 is 0 Å². The van der Waals surface area contributed by atoms with Crippen LogP contribution >= 0.6 is 0 Å². The molecule has 0 aromatic heterocycles. The van der Waals surface area contributed by atoms with Gasteiger partial charge in [-0.1, -0.05) is 36.4 Å². The van der Waals surface area contributed by atoms with E-state index in [0.29, 0.717) is 23.4 Å². The van der Waals surface area contributed by atoms with Crippen LogP contribution in [0.3, 0.4) is 0 Å². The van der Waals surface area contributed by atoms with Gasteiger partial charge in [0.2, 0.25) is 0 Å². The monoisotopic (exact) mass is 434 g/mol. The minimum atomic E-state index is -3.85. The molecule has 3 aromatic carbocycles. The highest BCUT2D eigenvalue weighted by Crippen LogP contribution is 2.36. The number of ketones is 1. The molecule has 0 saturated heterocycles. The third kappa shape index (κ3) is 3.84. The van der Waals surface area contributed by atoms with E-state index in [-0.39, 0.29) is 22.3 Å². The summed E-state index contributed by atoms with van der Waals surface area (Å²) >= 11 is 0. The molecule has 0 aliphatic carbocycles. The van der Waals surface area contributed by atoms with Crippen LogP contribution in [-0.2, 0) is 16.4 Å². The molecule has 158 valence electrons. The van der Waals surface area contributed by atoms with Crippen LogP contribution in [0, 0.1) is 0 Å². The molecule has 6 nitrogen and oxygen atoms in total. The summed E-state index contributed by atoms with van der Waals surface area (Å²) in [4.78, 5) is 24.7. The number of nitrogens with zero attached hydrogens (tertiary/aromatic N) is 1. The first kappa shape index (κ1) is 20.8. The van der Waals surface area contributed by atoms with E-state index in [0.717, 1.165) is 5.56 Å². The van der Waals surface area contributed by atoms with Crippen molar-refractivity contribution >= 4 is 33.1 Å². The van der Waals surface area contributed by atoms with Crippen LogP contribution < -0.4 is 9.62 Å². The number of hydrogen-bond donors (Lipinski definition) is 1. The topological polar surface area (TPSA) is 83.5 Å². The minimum absolute atomic E-state index is 0.0450. The van der Waals surface area contributed by atoms with Crippen molar-refractivity contribution in [3.05, 3.63) is 89.5 Å². The van der Waals surface area contributed by atoms with Crippen molar-refractivity contribution in [3.8, 4) is 0 Å². The maximum Gasteiger partial charge on any atom is 0.264 e. The van der Waals surface area contributed by atoms with Gasteiger partial charge in [0.1, 0.15) is 0 Å². The van der Waals surface area contributed by atoms with Crippen LogP contribution in [0.15, 0.2) is 77.7 Å². The molecule has 0 fully saturated rings. The molecule has 1 N–H and O–H groups in total. The Hall–Kier alpha value is -3.45. The largest absolute Gasteiger partial charge is 0.321 e. The molecular weight excluding hydrogens is 412 g/mol. The lowest BCUT2D eigenvalue weighted by Crippen LogP contribution is -2.35. The lowest BCUT2D eigenvalue weighted by Gasteiger charge is -2.24. The Balaban J connectivity index is 1.66. The molecule has 1 atom stereocenters. The van der Waals surface area contributed by atoms with E-state index in [9.17, 15) is 18.0 Å². The number of fused-ring (bicyclic) bond motifs is 1. The van der Waals surface area contributed by atoms with Crippen LogP contribution in [0.25, 0.3) is 0 Å². The summed E-state index contributed by atoms with van der Waals surface area (Å²) in [6, 6.07) is 19.9. The Kier molecular flexibility index (Phi) is 5.37. The molecule has 1 aliphatic heterocycles. The molecule has 7 heteroatoms. The van der Waals surface area contributed by atoms with Gasteiger partial charge in [0.25, 0.3) is 15.9 Å². The van der Waals surface area contributed by atoms with Gasteiger partial charge in [-0.3, -0.25) is 13.9 Å². The first-order valence-electron chi connectivity index (χ1n) is 9.93. The molecule has 0 radical (unpaired) electrons. The Morgan fingerprint density at radius 1 is 0.968 bits per heavy atom. The van der Waals surface area contributed by atoms with Crippen molar-refractivity contribution in [1.29, 1.82) is 0 Å². The minimum Gasteiger partial charge on any atom is -0.321 e. The molecule has 0 bridgehead atoms. The van der Waals surface area contributed by atoms with Gasteiger partial charge in [0.15, 0.2) is 5.78 Å². The van der Waals surface area contributed by atoms with Gasteiger partial charge in [-0.2, -0.15) is 0 Å². The zero-order chi connectivity index (χ0) is 22.2. The molecule has 1 heterocycles. The SMILES string of the molecule is CC(=O)c1ccccc1NC(=O)c1cccc(S(=O)(=O)N2c3ccccc3C[C@H]2C)c1. The Morgan fingerprint density at radius 2 is 1.68 bits per heavy atom. The Morgan fingerprint density at radius 3 is 2.45 bits per heavy atom. The number of carbonyl (C=O) groups is 2. The number of sulfonamides is 1. The van der Waals surface area contributed by atoms with Gasteiger partial charge < -0.3 is 5.32 Å². The van der Waals surface area contributed by atoms with Gasteiger partial charge in [-0.05, 0) is 62.2 Å². The van der Waals surface area contributed by atoms with Gasteiger partial charge in [0, 0.05) is 17.2 Å². The molecule has 1 aliphatic rings. The maximum atomic E-state index is 13.4. The van der Waals surface area contributed by atoms with Crippen LogP contribution in [0.1, 0.15) is 40.1 Å². The van der Waals surface area contributed by atoms with Crippen LogP contribution in [-0.4, -0.2) is 26.2 Å². The first-order chi connectivity index (χ1) is 14.8. The number of hydrogen-bond acceptors (Lipinski definition) is 4. The zero-order valence-corrected chi connectivity index (χ0v) is 18.0. The van der Waals surface area contributed by atoms with E-state index in [2.05, 4.69) is 5.32 Å². The van der Waals surface area contributed by atoms with Crippen LogP contribution in [0.4, 0.5) is 11.4 Å². The second-order valence-electron chi connectivity index (χ2n) is 7.57. The summed E-state index contributed by atoms with van der Waals surface area (Å²) in [6.45, 7) is 3.29. The molecule has 0 saturated carbocycles. The van der Waals surface area contributed by atoms with E-state index in [4.69, 9.17) is 0 Å². The fourth-order valence-electron chi connectivity index (χ4n) is 3.91. The van der Waals surface area contributed by atoms with E-state index in [1.807, 2.05) is 25.1 Å². The molecule has 1 amide bonds. The average Bonchev–Trinajstić information content (AvgIpc) is 3.10. The van der Waals surface area contributed by atoms with E-state index >= 15 is 0 Å². The summed E-state index contributed by atoms with van der Waals surface area (Å²) in [5, 5.41) is 2.71. The standard InChI is InChI=1S/C24H22N2O4S/c1-16-14-18-8-3-6-13-23(18)26(16)31(29,30)20-10-7-9-19(15-20)24(28)25-22-12-5-4-11-21(22)17(2)27/h3-13,15-16H,14H2,1-2H3,(H,25,28)/t16-/m1/s1. The number of para-hydroxylation sites is 2. The Bertz CT molecular complexity index is 1280. The fourth-order valence-corrected chi connectivity index (χ4v) is 5.65. The molecule has 31 heavy (non-hydrogen) atoms. The molecule has 0 unspecified atom stereocenters. The number of nitrogens with one attached hydrogen (secondary N) is 1. The third-order valence-corrected chi connectivity index (χ3v) is 7.28. The number of benzene rings is 3. The van der Waals surface area contributed by atoms with Crippen molar-refractivity contribution in [2.75, 3.05) is 9.62 Å². The molecule has 0 spiro atoms. The van der Waals surface area contributed by atoms with Crippen molar-refractivity contribution in [1.82, 2.24) is 0 Å². The van der Waals surface area contributed by atoms with Gasteiger partial charge in [-0.15, -0.1) is 0 Å². The van der Waals surface area contributed by atoms with Crippen molar-refractivity contribution in [3.63, 3.8) is 0 Å². The number of rotatable bonds is 5. The summed E-state index contributed by atoms with van der Waals surface area (Å²) in [5.74, 6) is -0.658. The normalized spacial score (nSPS) is 15.4.